The molecule has 1 aliphatic heterocycles. The van der Waals surface area contributed by atoms with Crippen molar-refractivity contribution in [2.24, 2.45) is 11.3 Å². The van der Waals surface area contributed by atoms with Crippen LogP contribution < -0.4 is 20.7 Å². The van der Waals surface area contributed by atoms with Gasteiger partial charge in [-0.25, -0.2) is 13.2 Å². The van der Waals surface area contributed by atoms with Crippen LogP contribution in [0.5, 0.6) is 5.75 Å². The lowest BCUT2D eigenvalue weighted by Crippen LogP contribution is -2.59. The average Bonchev–Trinajstić information content (AvgIpc) is 3.45. The zero-order valence-corrected chi connectivity index (χ0v) is 29.2. The van der Waals surface area contributed by atoms with E-state index in [4.69, 9.17) is 9.47 Å². The number of ether oxygens (including phenoxy) is 2. The molecule has 3 atom stereocenters. The van der Waals surface area contributed by atoms with Gasteiger partial charge in [0.05, 0.1) is 29.8 Å². The first-order valence-corrected chi connectivity index (χ1v) is 17.4. The maximum atomic E-state index is 13.9. The molecule has 47 heavy (non-hydrogen) atoms. The molecule has 260 valence electrons. The Morgan fingerprint density at radius 2 is 1.68 bits per heavy atom. The van der Waals surface area contributed by atoms with Gasteiger partial charge in [-0.15, -0.1) is 0 Å². The molecule has 12 nitrogen and oxygen atoms in total. The number of alkyl carbamates (subject to hydrolysis) is 1. The van der Waals surface area contributed by atoms with Gasteiger partial charge in [0.2, 0.25) is 21.8 Å². The van der Waals surface area contributed by atoms with Gasteiger partial charge in [-0.3, -0.25) is 9.59 Å². The number of rotatable bonds is 15. The van der Waals surface area contributed by atoms with E-state index < -0.39 is 58.1 Å². The number of carbonyl (C=O) groups is 3. The van der Waals surface area contributed by atoms with Gasteiger partial charge in [0, 0.05) is 19.5 Å². The first-order valence-electron chi connectivity index (χ1n) is 16.0. The largest absolute Gasteiger partial charge is 0.493 e. The van der Waals surface area contributed by atoms with Crippen LogP contribution in [0.4, 0.5) is 4.79 Å². The van der Waals surface area contributed by atoms with Crippen LogP contribution in [0.3, 0.4) is 0 Å². The van der Waals surface area contributed by atoms with Crippen LogP contribution in [-0.4, -0.2) is 86.3 Å². The minimum absolute atomic E-state index is 0.0520. The summed E-state index contributed by atoms with van der Waals surface area (Å²) in [5, 5.41) is 19.6. The second-order valence-corrected chi connectivity index (χ2v) is 15.6. The third kappa shape index (κ3) is 11.2. The van der Waals surface area contributed by atoms with Crippen molar-refractivity contribution in [3.8, 4) is 5.75 Å². The second kappa shape index (κ2) is 16.4. The number of sulfonamides is 1. The lowest BCUT2D eigenvalue weighted by molar-refractivity contribution is -0.132. The number of carbonyl (C=O) groups excluding carboxylic acids is 3. The maximum Gasteiger partial charge on any atom is 0.407 e. The summed E-state index contributed by atoms with van der Waals surface area (Å²) in [6, 6.07) is 12.1. The Morgan fingerprint density at radius 1 is 1.00 bits per heavy atom. The molecule has 0 bridgehead atoms. The standard InChI is InChI=1S/C34H50N4O8S/c1-22(2)20-38(47(43,44)26-13-14-29-25(18-26)15-16-45-29)21-28(39)27(17-24-11-9-8-10-12-24)36-32(41)31(34(5,6)7)37-30(40)19-35-33(42)46-23(3)4/h8-14,18,22-23,27-28,31,39H,15-17,19-21H2,1-7H3,(H,35,42)(H,36,41)(H,37,40)/t27-,28+,31+/m0/s1. The molecule has 0 saturated carbocycles. The van der Waals surface area contributed by atoms with E-state index >= 15 is 0 Å². The molecule has 1 aliphatic rings. The minimum atomic E-state index is -4.02. The quantitative estimate of drug-likeness (QED) is 0.224. The van der Waals surface area contributed by atoms with Crippen LogP contribution in [0.2, 0.25) is 0 Å². The number of nitrogens with zero attached hydrogens (tertiary/aromatic N) is 1. The first-order chi connectivity index (χ1) is 22.0. The highest BCUT2D eigenvalue weighted by molar-refractivity contribution is 7.89. The topological polar surface area (TPSA) is 163 Å². The molecule has 3 amide bonds. The van der Waals surface area contributed by atoms with Crippen LogP contribution in [0, 0.1) is 11.3 Å². The minimum Gasteiger partial charge on any atom is -0.493 e. The van der Waals surface area contributed by atoms with Crippen LogP contribution in [-0.2, 0) is 37.2 Å². The summed E-state index contributed by atoms with van der Waals surface area (Å²) in [5.41, 5.74) is 0.871. The Hall–Kier alpha value is -3.68. The lowest BCUT2D eigenvalue weighted by Gasteiger charge is -2.34. The average molecular weight is 675 g/mol. The zero-order chi connectivity index (χ0) is 34.9. The van der Waals surface area contributed by atoms with Crippen LogP contribution >= 0.6 is 0 Å². The molecule has 3 rings (SSSR count). The van der Waals surface area contributed by atoms with Crippen LogP contribution in [0.15, 0.2) is 53.4 Å². The normalized spacial score (nSPS) is 15.0. The molecule has 0 aromatic heterocycles. The van der Waals surface area contributed by atoms with Gasteiger partial charge < -0.3 is 30.5 Å². The highest BCUT2D eigenvalue weighted by Crippen LogP contribution is 2.29. The molecule has 0 spiro atoms. The van der Waals surface area contributed by atoms with Gasteiger partial charge in [-0.1, -0.05) is 65.0 Å². The maximum absolute atomic E-state index is 13.9. The monoisotopic (exact) mass is 674 g/mol. The number of aliphatic hydroxyl groups excluding tert-OH is 1. The number of aliphatic hydroxyl groups is 1. The van der Waals surface area contributed by atoms with E-state index in [2.05, 4.69) is 16.0 Å². The number of amides is 3. The van der Waals surface area contributed by atoms with Crippen molar-refractivity contribution in [2.45, 2.75) is 90.5 Å². The molecule has 0 saturated heterocycles. The Bertz CT molecular complexity index is 1470. The third-order valence-corrected chi connectivity index (χ3v) is 9.35. The van der Waals surface area contributed by atoms with Crippen LogP contribution in [0.1, 0.15) is 59.6 Å². The van der Waals surface area contributed by atoms with E-state index in [1.165, 1.54) is 10.4 Å². The molecule has 0 unspecified atom stereocenters. The van der Waals surface area contributed by atoms with Gasteiger partial charge in [0.25, 0.3) is 0 Å². The van der Waals surface area contributed by atoms with E-state index in [0.29, 0.717) is 18.8 Å². The molecular weight excluding hydrogens is 624 g/mol. The first kappa shape index (κ1) is 37.8. The molecule has 4 N–H and O–H groups in total. The van der Waals surface area contributed by atoms with Gasteiger partial charge in [-0.05, 0) is 60.9 Å². The number of hydrogen-bond donors (Lipinski definition) is 4. The summed E-state index contributed by atoms with van der Waals surface area (Å²) in [6.45, 7) is 12.4. The summed E-state index contributed by atoms with van der Waals surface area (Å²) in [7, 11) is -4.02. The van der Waals surface area contributed by atoms with Crippen molar-refractivity contribution in [3.05, 3.63) is 59.7 Å². The molecule has 0 fully saturated rings. The molecule has 1 heterocycles. The Kier molecular flexibility index (Phi) is 13.2. The van der Waals surface area contributed by atoms with E-state index in [0.717, 1.165) is 11.1 Å². The second-order valence-electron chi connectivity index (χ2n) is 13.6. The molecule has 0 radical (unpaired) electrons. The van der Waals surface area contributed by atoms with Crippen molar-refractivity contribution in [2.75, 3.05) is 26.2 Å². The van der Waals surface area contributed by atoms with E-state index in [-0.39, 0.29) is 36.4 Å². The predicted octanol–water partition coefficient (Wildman–Crippen LogP) is 3.02. The van der Waals surface area contributed by atoms with Crippen molar-refractivity contribution in [1.82, 2.24) is 20.3 Å². The van der Waals surface area contributed by atoms with E-state index in [1.54, 1.807) is 46.8 Å². The van der Waals surface area contributed by atoms with Crippen LogP contribution in [0.25, 0.3) is 0 Å². The Balaban J connectivity index is 1.85. The van der Waals surface area contributed by atoms with Gasteiger partial charge in [0.15, 0.2) is 0 Å². The molecule has 0 aliphatic carbocycles. The van der Waals surface area contributed by atoms with Gasteiger partial charge >= 0.3 is 6.09 Å². The van der Waals surface area contributed by atoms with Crippen molar-refractivity contribution in [1.29, 1.82) is 0 Å². The fraction of sp³-hybridized carbons (Fsp3) is 0.559. The summed E-state index contributed by atoms with van der Waals surface area (Å²) < 4.78 is 39.7. The smallest absolute Gasteiger partial charge is 0.407 e. The highest BCUT2D eigenvalue weighted by atomic mass is 32.2. The number of benzene rings is 2. The summed E-state index contributed by atoms with van der Waals surface area (Å²) in [5.74, 6) is -0.553. The molecule has 2 aromatic rings. The van der Waals surface area contributed by atoms with E-state index in [9.17, 15) is 27.9 Å². The van der Waals surface area contributed by atoms with Crippen molar-refractivity contribution < 1.29 is 37.4 Å². The van der Waals surface area contributed by atoms with Crippen molar-refractivity contribution >= 4 is 27.9 Å². The summed E-state index contributed by atoms with van der Waals surface area (Å²) in [4.78, 5) is 38.6. The fourth-order valence-electron chi connectivity index (χ4n) is 5.20. The number of fused-ring (bicyclic) bond motifs is 1. The highest BCUT2D eigenvalue weighted by Gasteiger charge is 2.37. The number of hydrogen-bond acceptors (Lipinski definition) is 8. The Labute approximate surface area is 278 Å². The summed E-state index contributed by atoms with van der Waals surface area (Å²) in [6.07, 6.45) is -1.62. The zero-order valence-electron chi connectivity index (χ0n) is 28.4. The van der Waals surface area contributed by atoms with Crippen molar-refractivity contribution in [3.63, 3.8) is 0 Å². The molecule has 2 aromatic carbocycles. The Morgan fingerprint density at radius 3 is 2.30 bits per heavy atom. The van der Waals surface area contributed by atoms with Gasteiger partial charge in [-0.2, -0.15) is 4.31 Å². The van der Waals surface area contributed by atoms with Gasteiger partial charge in [0.1, 0.15) is 18.3 Å². The lowest BCUT2D eigenvalue weighted by atomic mass is 9.85. The third-order valence-electron chi connectivity index (χ3n) is 7.52. The predicted molar refractivity (Wildman–Crippen MR) is 178 cm³/mol. The SMILES string of the molecule is CC(C)CN(C[C@@H](O)[C@H](Cc1ccccc1)NC(=O)[C@@H](NC(=O)CNC(=O)OC(C)C)C(C)(C)C)S(=O)(=O)c1ccc2c(c1)CCO2. The van der Waals surface area contributed by atoms with E-state index in [1.807, 2.05) is 44.2 Å². The number of nitrogens with one attached hydrogen (secondary N) is 3. The molecular formula is C34H50N4O8S. The molecule has 13 heteroatoms. The summed E-state index contributed by atoms with van der Waals surface area (Å²) >= 11 is 0. The fourth-order valence-corrected chi connectivity index (χ4v) is 6.87.